The van der Waals surface area contributed by atoms with Crippen molar-refractivity contribution in [1.29, 1.82) is 0 Å². The minimum atomic E-state index is 0.399. The fraction of sp³-hybridized carbons (Fsp3) is 0.538. The topological polar surface area (TPSA) is 29.3 Å². The zero-order chi connectivity index (χ0) is 11.6. The van der Waals surface area contributed by atoms with E-state index in [1.807, 2.05) is 18.2 Å². The van der Waals surface area contributed by atoms with Crippen molar-refractivity contribution in [3.05, 3.63) is 34.9 Å². The van der Waals surface area contributed by atoms with Gasteiger partial charge in [0.15, 0.2) is 0 Å². The number of hydrogen-bond acceptors (Lipinski definition) is 2. The van der Waals surface area contributed by atoms with Crippen molar-refractivity contribution < 1.29 is 0 Å². The van der Waals surface area contributed by atoms with E-state index in [9.17, 15) is 0 Å². The molecule has 0 saturated heterocycles. The molecule has 0 radical (unpaired) electrons. The molecule has 1 aliphatic carbocycles. The maximum Gasteiger partial charge on any atom is 0.0451 e. The van der Waals surface area contributed by atoms with Crippen molar-refractivity contribution in [3.8, 4) is 0 Å². The predicted octanol–water partition coefficient (Wildman–Crippen LogP) is 2.51. The van der Waals surface area contributed by atoms with Crippen LogP contribution in [0.1, 0.15) is 18.4 Å². The molecule has 0 aromatic heterocycles. The molecule has 0 heterocycles. The molecule has 0 bridgehead atoms. The standard InChI is InChI=1S/C13H19ClN2/c1-16(10-13(9-15)6-7-13)8-11-4-2-3-5-12(11)14/h2-5H,6-10,15H2,1H3. The number of benzene rings is 1. The predicted molar refractivity (Wildman–Crippen MR) is 68.5 cm³/mol. The molecule has 1 aromatic carbocycles. The summed E-state index contributed by atoms with van der Waals surface area (Å²) < 4.78 is 0. The van der Waals surface area contributed by atoms with Crippen LogP contribution in [0.15, 0.2) is 24.3 Å². The van der Waals surface area contributed by atoms with E-state index in [0.717, 1.165) is 24.7 Å². The Morgan fingerprint density at radius 1 is 1.38 bits per heavy atom. The Bertz CT molecular complexity index is 361. The largest absolute Gasteiger partial charge is 0.330 e. The van der Waals surface area contributed by atoms with Gasteiger partial charge in [-0.2, -0.15) is 0 Å². The molecule has 1 saturated carbocycles. The lowest BCUT2D eigenvalue weighted by molar-refractivity contribution is 0.259. The molecule has 0 atom stereocenters. The Morgan fingerprint density at radius 3 is 2.62 bits per heavy atom. The van der Waals surface area contributed by atoms with Crippen LogP contribution in [-0.4, -0.2) is 25.0 Å². The van der Waals surface area contributed by atoms with Gasteiger partial charge < -0.3 is 10.6 Å². The Morgan fingerprint density at radius 2 is 2.06 bits per heavy atom. The van der Waals surface area contributed by atoms with Gasteiger partial charge in [-0.15, -0.1) is 0 Å². The van der Waals surface area contributed by atoms with Crippen LogP contribution in [0.5, 0.6) is 0 Å². The summed E-state index contributed by atoms with van der Waals surface area (Å²) in [5.74, 6) is 0. The maximum absolute atomic E-state index is 6.14. The number of nitrogens with two attached hydrogens (primary N) is 1. The van der Waals surface area contributed by atoms with Gasteiger partial charge in [0.2, 0.25) is 0 Å². The lowest BCUT2D eigenvalue weighted by Gasteiger charge is -2.22. The first-order valence-corrected chi connectivity index (χ1v) is 6.15. The summed E-state index contributed by atoms with van der Waals surface area (Å²) >= 11 is 6.14. The van der Waals surface area contributed by atoms with Crippen LogP contribution >= 0.6 is 11.6 Å². The molecule has 0 spiro atoms. The van der Waals surface area contributed by atoms with Gasteiger partial charge in [-0.05, 0) is 43.5 Å². The van der Waals surface area contributed by atoms with Crippen LogP contribution in [-0.2, 0) is 6.54 Å². The van der Waals surface area contributed by atoms with E-state index < -0.39 is 0 Å². The van der Waals surface area contributed by atoms with Crippen molar-refractivity contribution in [2.45, 2.75) is 19.4 Å². The molecule has 0 unspecified atom stereocenters. The third kappa shape index (κ3) is 2.76. The summed E-state index contributed by atoms with van der Waals surface area (Å²) in [5.41, 5.74) is 7.38. The van der Waals surface area contributed by atoms with Crippen LogP contribution in [0.25, 0.3) is 0 Å². The lowest BCUT2D eigenvalue weighted by Crippen LogP contribution is -2.31. The van der Waals surface area contributed by atoms with Crippen LogP contribution in [0, 0.1) is 5.41 Å². The number of hydrogen-bond donors (Lipinski definition) is 1. The van der Waals surface area contributed by atoms with E-state index in [0.29, 0.717) is 5.41 Å². The van der Waals surface area contributed by atoms with Gasteiger partial charge in [-0.3, -0.25) is 0 Å². The molecule has 2 nitrogen and oxygen atoms in total. The number of rotatable bonds is 5. The van der Waals surface area contributed by atoms with Gasteiger partial charge in [0.25, 0.3) is 0 Å². The van der Waals surface area contributed by atoms with Crippen molar-refractivity contribution >= 4 is 11.6 Å². The van der Waals surface area contributed by atoms with Gasteiger partial charge in [-0.1, -0.05) is 29.8 Å². The van der Waals surface area contributed by atoms with Gasteiger partial charge >= 0.3 is 0 Å². The normalized spacial score (nSPS) is 17.8. The minimum absolute atomic E-state index is 0.399. The molecule has 2 rings (SSSR count). The fourth-order valence-electron chi connectivity index (χ4n) is 2.15. The number of nitrogens with zero attached hydrogens (tertiary/aromatic N) is 1. The van der Waals surface area contributed by atoms with E-state index >= 15 is 0 Å². The van der Waals surface area contributed by atoms with E-state index in [-0.39, 0.29) is 0 Å². The van der Waals surface area contributed by atoms with Crippen LogP contribution in [0.2, 0.25) is 5.02 Å². The first-order chi connectivity index (χ1) is 7.65. The third-order valence-corrected chi connectivity index (χ3v) is 3.76. The lowest BCUT2D eigenvalue weighted by atomic mass is 10.1. The van der Waals surface area contributed by atoms with E-state index in [1.54, 1.807) is 0 Å². The molecular formula is C13H19ClN2. The molecule has 0 aliphatic heterocycles. The minimum Gasteiger partial charge on any atom is -0.330 e. The molecule has 1 aliphatic rings. The van der Waals surface area contributed by atoms with Gasteiger partial charge in [0.1, 0.15) is 0 Å². The summed E-state index contributed by atoms with van der Waals surface area (Å²) in [7, 11) is 2.14. The molecular weight excluding hydrogens is 220 g/mol. The van der Waals surface area contributed by atoms with Crippen molar-refractivity contribution in [2.24, 2.45) is 11.1 Å². The fourth-order valence-corrected chi connectivity index (χ4v) is 2.34. The number of halogens is 1. The van der Waals surface area contributed by atoms with Crippen molar-refractivity contribution in [3.63, 3.8) is 0 Å². The highest BCUT2D eigenvalue weighted by Crippen LogP contribution is 2.45. The quantitative estimate of drug-likeness (QED) is 0.854. The average molecular weight is 239 g/mol. The average Bonchev–Trinajstić information content (AvgIpc) is 3.02. The zero-order valence-corrected chi connectivity index (χ0v) is 10.5. The van der Waals surface area contributed by atoms with E-state index in [1.165, 1.54) is 18.4 Å². The summed E-state index contributed by atoms with van der Waals surface area (Å²) in [6.45, 7) is 2.79. The molecule has 0 amide bonds. The highest BCUT2D eigenvalue weighted by Gasteiger charge is 2.41. The Labute approximate surface area is 102 Å². The summed E-state index contributed by atoms with van der Waals surface area (Å²) in [5, 5.41) is 0.854. The van der Waals surface area contributed by atoms with Crippen molar-refractivity contribution in [1.82, 2.24) is 4.90 Å². The molecule has 16 heavy (non-hydrogen) atoms. The van der Waals surface area contributed by atoms with Crippen molar-refractivity contribution in [2.75, 3.05) is 20.1 Å². The first kappa shape index (κ1) is 11.9. The Hall–Kier alpha value is -0.570. The molecule has 1 fully saturated rings. The highest BCUT2D eigenvalue weighted by molar-refractivity contribution is 6.31. The van der Waals surface area contributed by atoms with Crippen LogP contribution in [0.4, 0.5) is 0 Å². The molecule has 1 aromatic rings. The molecule has 88 valence electrons. The molecule has 2 N–H and O–H groups in total. The second kappa shape index (κ2) is 4.74. The van der Waals surface area contributed by atoms with Crippen LogP contribution < -0.4 is 5.73 Å². The SMILES string of the molecule is CN(Cc1ccccc1Cl)CC1(CN)CC1. The van der Waals surface area contributed by atoms with Gasteiger partial charge in [0.05, 0.1) is 0 Å². The van der Waals surface area contributed by atoms with Crippen LogP contribution in [0.3, 0.4) is 0 Å². The monoisotopic (exact) mass is 238 g/mol. The second-order valence-corrected chi connectivity index (χ2v) is 5.38. The summed E-state index contributed by atoms with van der Waals surface area (Å²) in [6, 6.07) is 8.03. The Kier molecular flexibility index (Phi) is 3.53. The van der Waals surface area contributed by atoms with E-state index in [4.69, 9.17) is 17.3 Å². The van der Waals surface area contributed by atoms with E-state index in [2.05, 4.69) is 18.0 Å². The first-order valence-electron chi connectivity index (χ1n) is 5.77. The second-order valence-electron chi connectivity index (χ2n) is 4.97. The zero-order valence-electron chi connectivity index (χ0n) is 9.75. The summed E-state index contributed by atoms with van der Waals surface area (Å²) in [6.07, 6.45) is 2.55. The smallest absolute Gasteiger partial charge is 0.0451 e. The Balaban J connectivity index is 1.92. The van der Waals surface area contributed by atoms with Gasteiger partial charge in [-0.25, -0.2) is 0 Å². The highest BCUT2D eigenvalue weighted by atomic mass is 35.5. The molecule has 3 heteroatoms. The van der Waals surface area contributed by atoms with Gasteiger partial charge in [0, 0.05) is 18.1 Å². The third-order valence-electron chi connectivity index (χ3n) is 3.39. The summed E-state index contributed by atoms with van der Waals surface area (Å²) in [4.78, 5) is 2.32. The maximum atomic E-state index is 6.14.